The topological polar surface area (TPSA) is 38.3 Å². The van der Waals surface area contributed by atoms with Crippen LogP contribution in [0.5, 0.6) is 5.75 Å². The largest absolute Gasteiger partial charge is 0.494 e. The number of nitrogens with one attached hydrogen (secondary N) is 1. The quantitative estimate of drug-likeness (QED) is 0.830. The Bertz CT molecular complexity index is 418. The van der Waals surface area contributed by atoms with Gasteiger partial charge in [-0.15, -0.1) is 0 Å². The minimum absolute atomic E-state index is 0.0687. The molecule has 1 unspecified atom stereocenters. The van der Waals surface area contributed by atoms with Crippen LogP contribution in [0.2, 0.25) is 0 Å². The second-order valence-corrected chi connectivity index (χ2v) is 6.05. The lowest BCUT2D eigenvalue weighted by molar-refractivity contribution is -0.121. The first-order valence-corrected chi connectivity index (χ1v) is 7.38. The van der Waals surface area contributed by atoms with E-state index in [9.17, 15) is 4.79 Å². The van der Waals surface area contributed by atoms with Crippen molar-refractivity contribution in [2.45, 2.75) is 59.0 Å². The number of benzene rings is 1. The van der Waals surface area contributed by atoms with Gasteiger partial charge in [-0.1, -0.05) is 19.1 Å². The summed E-state index contributed by atoms with van der Waals surface area (Å²) in [6.07, 6.45) is 1.28. The molecule has 1 rings (SSSR count). The summed E-state index contributed by atoms with van der Waals surface area (Å²) in [7, 11) is 0. The molecular formula is C17H27NO2. The molecule has 20 heavy (non-hydrogen) atoms. The van der Waals surface area contributed by atoms with Gasteiger partial charge >= 0.3 is 0 Å². The Morgan fingerprint density at radius 1 is 1.20 bits per heavy atom. The molecule has 3 nitrogen and oxygen atoms in total. The van der Waals surface area contributed by atoms with Gasteiger partial charge in [0.2, 0.25) is 0 Å². The lowest BCUT2D eigenvalue weighted by Crippen LogP contribution is -2.48. The van der Waals surface area contributed by atoms with Gasteiger partial charge in [-0.3, -0.25) is 4.79 Å². The maximum Gasteiger partial charge on any atom is 0.149 e. The zero-order chi connectivity index (χ0) is 15.2. The van der Waals surface area contributed by atoms with Crippen LogP contribution in [0.4, 0.5) is 0 Å². The number of ketones is 1. The first kappa shape index (κ1) is 16.7. The molecule has 1 atom stereocenters. The van der Waals surface area contributed by atoms with Gasteiger partial charge in [0.15, 0.2) is 0 Å². The summed E-state index contributed by atoms with van der Waals surface area (Å²) in [5.41, 5.74) is 1.08. The van der Waals surface area contributed by atoms with Crippen molar-refractivity contribution >= 4 is 5.78 Å². The molecule has 0 saturated carbocycles. The number of hydrogen-bond acceptors (Lipinski definition) is 3. The molecule has 0 aliphatic carbocycles. The Kier molecular flexibility index (Phi) is 6.21. The van der Waals surface area contributed by atoms with Crippen LogP contribution in [0.25, 0.3) is 0 Å². The van der Waals surface area contributed by atoms with Gasteiger partial charge in [0.25, 0.3) is 0 Å². The van der Waals surface area contributed by atoms with Crippen LogP contribution in [-0.4, -0.2) is 24.0 Å². The highest BCUT2D eigenvalue weighted by Gasteiger charge is 2.22. The fourth-order valence-electron chi connectivity index (χ4n) is 2.14. The number of hydrogen-bond donors (Lipinski definition) is 1. The van der Waals surface area contributed by atoms with Gasteiger partial charge < -0.3 is 10.1 Å². The molecule has 0 fully saturated rings. The molecule has 0 amide bonds. The number of carbonyl (C=O) groups is 1. The van der Waals surface area contributed by atoms with E-state index >= 15 is 0 Å². The molecule has 0 aliphatic rings. The van der Waals surface area contributed by atoms with Crippen molar-refractivity contribution in [1.29, 1.82) is 0 Å². The zero-order valence-electron chi connectivity index (χ0n) is 13.3. The van der Waals surface area contributed by atoms with E-state index in [-0.39, 0.29) is 17.4 Å². The Balaban J connectivity index is 2.76. The maximum absolute atomic E-state index is 12.1. The lowest BCUT2D eigenvalue weighted by Gasteiger charge is -2.27. The Labute approximate surface area is 122 Å². The molecule has 0 spiro atoms. The van der Waals surface area contributed by atoms with Crippen molar-refractivity contribution in [2.24, 2.45) is 0 Å². The average molecular weight is 277 g/mol. The molecule has 1 N–H and O–H groups in total. The molecule has 0 aromatic heterocycles. The average Bonchev–Trinajstić information content (AvgIpc) is 2.38. The monoisotopic (exact) mass is 277 g/mol. The SMILES string of the molecule is CCOc1ccc(CC(NC(C)(C)C)C(=O)CC)cc1. The highest BCUT2D eigenvalue weighted by molar-refractivity contribution is 5.84. The molecule has 1 aromatic rings. The van der Waals surface area contributed by atoms with Crippen LogP contribution < -0.4 is 10.1 Å². The summed E-state index contributed by atoms with van der Waals surface area (Å²) in [5.74, 6) is 1.13. The van der Waals surface area contributed by atoms with Gasteiger partial charge in [-0.05, 0) is 51.8 Å². The van der Waals surface area contributed by atoms with Crippen molar-refractivity contribution in [3.63, 3.8) is 0 Å². The highest BCUT2D eigenvalue weighted by atomic mass is 16.5. The summed E-state index contributed by atoms with van der Waals surface area (Å²) in [6, 6.07) is 7.86. The highest BCUT2D eigenvalue weighted by Crippen LogP contribution is 2.15. The van der Waals surface area contributed by atoms with E-state index < -0.39 is 0 Å². The third-order valence-electron chi connectivity index (χ3n) is 3.02. The normalized spacial score (nSPS) is 13.1. The van der Waals surface area contributed by atoms with E-state index in [4.69, 9.17) is 4.74 Å². The summed E-state index contributed by atoms with van der Waals surface area (Å²) in [5, 5.41) is 3.41. The molecule has 0 bridgehead atoms. The van der Waals surface area contributed by atoms with Crippen LogP contribution in [0.15, 0.2) is 24.3 Å². The fraction of sp³-hybridized carbons (Fsp3) is 0.588. The molecular weight excluding hydrogens is 250 g/mol. The molecule has 0 aliphatic heterocycles. The Hall–Kier alpha value is -1.35. The number of ether oxygens (including phenoxy) is 1. The van der Waals surface area contributed by atoms with E-state index in [1.54, 1.807) is 0 Å². The lowest BCUT2D eigenvalue weighted by atomic mass is 9.97. The molecule has 3 heteroatoms. The van der Waals surface area contributed by atoms with Crippen molar-refractivity contribution in [3.8, 4) is 5.75 Å². The van der Waals surface area contributed by atoms with Crippen LogP contribution in [0.3, 0.4) is 0 Å². The van der Waals surface area contributed by atoms with E-state index in [0.29, 0.717) is 13.0 Å². The Morgan fingerprint density at radius 2 is 1.80 bits per heavy atom. The summed E-state index contributed by atoms with van der Waals surface area (Å²) in [6.45, 7) is 10.8. The van der Waals surface area contributed by atoms with Gasteiger partial charge in [0.05, 0.1) is 12.6 Å². The predicted molar refractivity (Wildman–Crippen MR) is 83.3 cm³/mol. The zero-order valence-corrected chi connectivity index (χ0v) is 13.3. The van der Waals surface area contributed by atoms with Crippen molar-refractivity contribution in [1.82, 2.24) is 5.32 Å². The molecule has 0 heterocycles. The smallest absolute Gasteiger partial charge is 0.149 e. The fourth-order valence-corrected chi connectivity index (χ4v) is 2.14. The van der Waals surface area contributed by atoms with E-state index in [2.05, 4.69) is 26.1 Å². The molecule has 0 radical (unpaired) electrons. The van der Waals surface area contributed by atoms with Crippen LogP contribution in [-0.2, 0) is 11.2 Å². The van der Waals surface area contributed by atoms with Crippen molar-refractivity contribution in [3.05, 3.63) is 29.8 Å². The van der Waals surface area contributed by atoms with Crippen molar-refractivity contribution in [2.75, 3.05) is 6.61 Å². The molecule has 1 aromatic carbocycles. The maximum atomic E-state index is 12.1. The minimum Gasteiger partial charge on any atom is -0.494 e. The molecule has 112 valence electrons. The Morgan fingerprint density at radius 3 is 2.25 bits per heavy atom. The standard InChI is InChI=1S/C17H27NO2/c1-6-16(19)15(18-17(3,4)5)12-13-8-10-14(11-9-13)20-7-2/h8-11,15,18H,6-7,12H2,1-5H3. The third-order valence-corrected chi connectivity index (χ3v) is 3.02. The molecule has 0 saturated heterocycles. The summed E-state index contributed by atoms with van der Waals surface area (Å²) >= 11 is 0. The summed E-state index contributed by atoms with van der Waals surface area (Å²) in [4.78, 5) is 12.1. The van der Waals surface area contributed by atoms with Gasteiger partial charge in [0.1, 0.15) is 11.5 Å². The number of Topliss-reactive ketones (excluding diaryl/α,β-unsaturated/α-hetero) is 1. The van der Waals surface area contributed by atoms with Gasteiger partial charge in [-0.2, -0.15) is 0 Å². The van der Waals surface area contributed by atoms with E-state index in [1.165, 1.54) is 0 Å². The first-order valence-electron chi connectivity index (χ1n) is 7.38. The van der Waals surface area contributed by atoms with Crippen molar-refractivity contribution < 1.29 is 9.53 Å². The second kappa shape index (κ2) is 7.44. The van der Waals surface area contributed by atoms with Crippen LogP contribution in [0, 0.1) is 0 Å². The number of rotatable bonds is 7. The number of carbonyl (C=O) groups excluding carboxylic acids is 1. The van der Waals surface area contributed by atoms with Gasteiger partial charge in [-0.25, -0.2) is 0 Å². The second-order valence-electron chi connectivity index (χ2n) is 6.05. The van der Waals surface area contributed by atoms with Crippen LogP contribution >= 0.6 is 0 Å². The van der Waals surface area contributed by atoms with Crippen LogP contribution in [0.1, 0.15) is 46.6 Å². The predicted octanol–water partition coefficient (Wildman–Crippen LogP) is 3.36. The third kappa shape index (κ3) is 5.74. The first-order chi connectivity index (χ1) is 9.35. The van der Waals surface area contributed by atoms with E-state index in [0.717, 1.165) is 17.7 Å². The minimum atomic E-state index is -0.127. The van der Waals surface area contributed by atoms with E-state index in [1.807, 2.05) is 38.1 Å². The summed E-state index contributed by atoms with van der Waals surface area (Å²) < 4.78 is 5.43. The van der Waals surface area contributed by atoms with Gasteiger partial charge in [0, 0.05) is 12.0 Å².